The molecule has 0 bridgehead atoms. The fourth-order valence-corrected chi connectivity index (χ4v) is 3.91. The van der Waals surface area contributed by atoms with Gasteiger partial charge in [0, 0.05) is 12.3 Å². The Morgan fingerprint density at radius 2 is 2.07 bits per heavy atom. The molecule has 2 aromatic rings. The molecular weight excluding hydrogens is 352 g/mol. The van der Waals surface area contributed by atoms with Gasteiger partial charge in [-0.1, -0.05) is 6.07 Å². The average molecular weight is 379 g/mol. The van der Waals surface area contributed by atoms with Crippen molar-refractivity contribution in [3.8, 4) is 0 Å². The van der Waals surface area contributed by atoms with Gasteiger partial charge in [-0.3, -0.25) is 4.79 Å². The zero-order valence-electron chi connectivity index (χ0n) is 16.3. The lowest BCUT2D eigenvalue weighted by atomic mass is 10.1. The molecule has 2 aromatic heterocycles. The summed E-state index contributed by atoms with van der Waals surface area (Å²) in [6.07, 6.45) is 10.4. The quantitative estimate of drug-likeness (QED) is 0.617. The van der Waals surface area contributed by atoms with Crippen molar-refractivity contribution in [1.82, 2.24) is 9.61 Å². The standard InChI is InChI=1S/C21H26N6O/c1-27(12-5-2-6-13-27)14-10-23-21-20(19-7-3-4-11-26(19)25-21)24-18-9-8-16(28)15-17(18)22/h3-4,7-9,11,15H,2,5-6,10,12-14H2,1H3,(H2-,22,23,25,28)/p+1/b24-18+. The van der Waals surface area contributed by atoms with Gasteiger partial charge in [-0.05, 0) is 43.5 Å². The monoisotopic (exact) mass is 379 g/mol. The molecule has 0 spiro atoms. The molecule has 146 valence electrons. The van der Waals surface area contributed by atoms with Crippen molar-refractivity contribution in [3.63, 3.8) is 0 Å². The van der Waals surface area contributed by atoms with Crippen molar-refractivity contribution in [2.45, 2.75) is 19.3 Å². The Morgan fingerprint density at radius 3 is 2.86 bits per heavy atom. The van der Waals surface area contributed by atoms with Crippen LogP contribution in [0.4, 0.5) is 11.5 Å². The van der Waals surface area contributed by atoms with Gasteiger partial charge in [-0.2, -0.15) is 0 Å². The van der Waals surface area contributed by atoms with E-state index in [4.69, 9.17) is 10.7 Å². The number of aromatic nitrogens is 2. The maximum atomic E-state index is 11.5. The number of nitrogens with one attached hydrogen (secondary N) is 1. The number of nitrogens with two attached hydrogens (primary N) is 1. The lowest BCUT2D eigenvalue weighted by Gasteiger charge is -2.37. The molecule has 1 aliphatic heterocycles. The molecule has 3 N–H and O–H groups in total. The molecule has 7 nitrogen and oxygen atoms in total. The molecule has 1 aliphatic carbocycles. The second kappa shape index (κ2) is 7.59. The van der Waals surface area contributed by atoms with Gasteiger partial charge in [0.05, 0.1) is 50.2 Å². The zero-order chi connectivity index (χ0) is 19.6. The lowest BCUT2D eigenvalue weighted by Crippen LogP contribution is -2.50. The highest BCUT2D eigenvalue weighted by Crippen LogP contribution is 2.30. The Kier molecular flexibility index (Phi) is 5.00. The number of hydrogen-bond acceptors (Lipinski definition) is 5. The van der Waals surface area contributed by atoms with Gasteiger partial charge in [0.1, 0.15) is 5.69 Å². The summed E-state index contributed by atoms with van der Waals surface area (Å²) >= 11 is 0. The van der Waals surface area contributed by atoms with Gasteiger partial charge >= 0.3 is 0 Å². The van der Waals surface area contributed by atoms with E-state index in [9.17, 15) is 4.79 Å². The second-order valence-corrected chi connectivity index (χ2v) is 7.84. The molecule has 4 rings (SSSR count). The number of rotatable bonds is 5. The topological polar surface area (TPSA) is 84.8 Å². The van der Waals surface area contributed by atoms with E-state index in [1.807, 2.05) is 28.9 Å². The molecule has 0 saturated carbocycles. The first kappa shape index (κ1) is 18.4. The van der Waals surface area contributed by atoms with E-state index in [1.54, 1.807) is 6.08 Å². The number of carbonyl (C=O) groups is 1. The molecule has 2 aliphatic rings. The van der Waals surface area contributed by atoms with Crippen LogP contribution in [0.1, 0.15) is 19.3 Å². The predicted octanol–water partition coefficient (Wildman–Crippen LogP) is 2.43. The van der Waals surface area contributed by atoms with E-state index in [0.29, 0.717) is 11.4 Å². The largest absolute Gasteiger partial charge is 0.397 e. The smallest absolute Gasteiger partial charge is 0.180 e. The summed E-state index contributed by atoms with van der Waals surface area (Å²) in [4.78, 5) is 16.2. The van der Waals surface area contributed by atoms with Crippen LogP contribution in [0.25, 0.3) is 5.52 Å². The van der Waals surface area contributed by atoms with Gasteiger partial charge < -0.3 is 15.5 Å². The fourth-order valence-electron chi connectivity index (χ4n) is 3.91. The molecule has 0 radical (unpaired) electrons. The van der Waals surface area contributed by atoms with Gasteiger partial charge in [0.2, 0.25) is 0 Å². The number of anilines is 1. The third-order valence-corrected chi connectivity index (χ3v) is 5.59. The van der Waals surface area contributed by atoms with Crippen LogP contribution in [0.15, 0.2) is 53.3 Å². The number of allylic oxidation sites excluding steroid dienone is 3. The van der Waals surface area contributed by atoms with Gasteiger partial charge in [0.25, 0.3) is 0 Å². The lowest BCUT2D eigenvalue weighted by molar-refractivity contribution is -0.912. The Bertz CT molecular complexity index is 978. The number of aliphatic imine (C=N–C) groups is 1. The maximum absolute atomic E-state index is 11.5. The van der Waals surface area contributed by atoms with Crippen molar-refractivity contribution in [3.05, 3.63) is 48.3 Å². The number of likely N-dealkylation sites (N-methyl/N-ethyl adjacent to an activating group) is 1. The molecule has 1 saturated heterocycles. The fraction of sp³-hybridized carbons (Fsp3) is 0.381. The van der Waals surface area contributed by atoms with Crippen LogP contribution in [0.5, 0.6) is 0 Å². The summed E-state index contributed by atoms with van der Waals surface area (Å²) in [7, 11) is 2.33. The molecular formula is C21H27N6O+. The van der Waals surface area contributed by atoms with Gasteiger partial charge in [-0.15, -0.1) is 5.10 Å². The molecule has 28 heavy (non-hydrogen) atoms. The zero-order valence-corrected chi connectivity index (χ0v) is 16.3. The summed E-state index contributed by atoms with van der Waals surface area (Å²) < 4.78 is 2.92. The van der Waals surface area contributed by atoms with Crippen LogP contribution in [0, 0.1) is 0 Å². The molecule has 1 fully saturated rings. The summed E-state index contributed by atoms with van der Waals surface area (Å²) in [5.74, 6) is 0.619. The van der Waals surface area contributed by atoms with Crippen LogP contribution in [0.3, 0.4) is 0 Å². The van der Waals surface area contributed by atoms with Gasteiger partial charge in [0.15, 0.2) is 11.6 Å². The van der Waals surface area contributed by atoms with Crippen LogP contribution < -0.4 is 11.1 Å². The van der Waals surface area contributed by atoms with E-state index in [2.05, 4.69) is 17.5 Å². The van der Waals surface area contributed by atoms with E-state index in [-0.39, 0.29) is 5.78 Å². The first-order chi connectivity index (χ1) is 13.5. The molecule has 0 unspecified atom stereocenters. The number of quaternary nitrogens is 1. The SMILES string of the molecule is C[N+]1(CCNc2nn3ccccc3c2/N=C2\C=CC(=O)C=C2N)CCCCC1. The highest BCUT2D eigenvalue weighted by atomic mass is 16.1. The number of ketones is 1. The molecule has 7 heteroatoms. The Labute approximate surface area is 164 Å². The van der Waals surface area contributed by atoms with Crippen LogP contribution in [-0.2, 0) is 4.79 Å². The Hall–Kier alpha value is -2.93. The molecule has 0 amide bonds. The number of pyridine rings is 1. The van der Waals surface area contributed by atoms with E-state index in [0.717, 1.165) is 34.6 Å². The third-order valence-electron chi connectivity index (χ3n) is 5.59. The number of hydrogen-bond donors (Lipinski definition) is 2. The normalized spacial score (nSPS) is 20.5. The average Bonchev–Trinajstić information content (AvgIpc) is 3.02. The number of fused-ring (bicyclic) bond motifs is 1. The molecule has 3 heterocycles. The van der Waals surface area contributed by atoms with Crippen molar-refractivity contribution in [1.29, 1.82) is 0 Å². The van der Waals surface area contributed by atoms with E-state index < -0.39 is 0 Å². The number of likely N-dealkylation sites (tertiary alicyclic amines) is 1. The van der Waals surface area contributed by atoms with Crippen LogP contribution >= 0.6 is 0 Å². The number of nitrogens with zero attached hydrogens (tertiary/aromatic N) is 4. The predicted molar refractivity (Wildman–Crippen MR) is 112 cm³/mol. The van der Waals surface area contributed by atoms with Crippen molar-refractivity contribution >= 4 is 28.5 Å². The van der Waals surface area contributed by atoms with E-state index in [1.165, 1.54) is 44.5 Å². The second-order valence-electron chi connectivity index (χ2n) is 7.84. The summed E-state index contributed by atoms with van der Waals surface area (Å²) in [5, 5.41) is 8.15. The first-order valence-electron chi connectivity index (χ1n) is 9.87. The number of carbonyl (C=O) groups excluding carboxylic acids is 1. The van der Waals surface area contributed by atoms with Gasteiger partial charge in [-0.25, -0.2) is 9.51 Å². The highest BCUT2D eigenvalue weighted by Gasteiger charge is 2.24. The van der Waals surface area contributed by atoms with Crippen molar-refractivity contribution < 1.29 is 9.28 Å². The van der Waals surface area contributed by atoms with Crippen molar-refractivity contribution in [2.75, 3.05) is 38.5 Å². The summed E-state index contributed by atoms with van der Waals surface area (Å²) in [6, 6.07) is 5.88. The minimum Gasteiger partial charge on any atom is -0.397 e. The Balaban J connectivity index is 1.60. The minimum atomic E-state index is -0.117. The van der Waals surface area contributed by atoms with E-state index >= 15 is 0 Å². The summed E-state index contributed by atoms with van der Waals surface area (Å²) in [5.41, 5.74) is 8.60. The minimum absolute atomic E-state index is 0.117. The number of piperidine rings is 1. The summed E-state index contributed by atoms with van der Waals surface area (Å²) in [6.45, 7) is 4.36. The molecule has 0 atom stereocenters. The first-order valence-corrected chi connectivity index (χ1v) is 9.87. The third kappa shape index (κ3) is 3.84. The Morgan fingerprint density at radius 1 is 1.25 bits per heavy atom. The maximum Gasteiger partial charge on any atom is 0.180 e. The van der Waals surface area contributed by atoms with Crippen LogP contribution in [0.2, 0.25) is 0 Å². The van der Waals surface area contributed by atoms with Crippen molar-refractivity contribution in [2.24, 2.45) is 10.7 Å². The molecule has 0 aromatic carbocycles. The highest BCUT2D eigenvalue weighted by molar-refractivity contribution is 6.20. The van der Waals surface area contributed by atoms with Crippen LogP contribution in [-0.4, -0.2) is 58.8 Å².